The number of benzene rings is 1. The highest BCUT2D eigenvalue weighted by Crippen LogP contribution is 2.46. The van der Waals surface area contributed by atoms with E-state index in [1.54, 1.807) is 0 Å². The molecule has 0 radical (unpaired) electrons. The maximum absolute atomic E-state index is 12.6. The van der Waals surface area contributed by atoms with Crippen LogP contribution in [0.5, 0.6) is 0 Å². The fraction of sp³-hybridized carbons (Fsp3) is 0.368. The molecule has 1 atom stereocenters. The predicted octanol–water partition coefficient (Wildman–Crippen LogP) is 4.11. The summed E-state index contributed by atoms with van der Waals surface area (Å²) >= 11 is 0. The van der Waals surface area contributed by atoms with Gasteiger partial charge in [-0.05, 0) is 37.3 Å². The maximum atomic E-state index is 12.6. The number of carbonyl (C=O) groups is 1. The molecular formula is C19H20N2O2. The number of rotatable bonds is 2. The number of nitrogens with one attached hydrogen (secondary N) is 1. The number of aryl methyl sites for hydroxylation is 2. The first-order valence-corrected chi connectivity index (χ1v) is 8.27. The van der Waals surface area contributed by atoms with Crippen molar-refractivity contribution in [3.05, 3.63) is 57.9 Å². The average molecular weight is 308 g/mol. The molecule has 1 N–H and O–H groups in total. The van der Waals surface area contributed by atoms with Crippen LogP contribution in [0.15, 0.2) is 40.1 Å². The molecule has 1 unspecified atom stereocenters. The lowest BCUT2D eigenvalue weighted by Crippen LogP contribution is -2.26. The zero-order valence-electron chi connectivity index (χ0n) is 13.5. The second-order valence-electron chi connectivity index (χ2n) is 6.33. The zero-order valence-corrected chi connectivity index (χ0v) is 13.5. The molecule has 4 rings (SSSR count). The highest BCUT2D eigenvalue weighted by Gasteiger charge is 2.38. The van der Waals surface area contributed by atoms with E-state index in [4.69, 9.17) is 4.52 Å². The van der Waals surface area contributed by atoms with Crippen molar-refractivity contribution in [1.29, 1.82) is 0 Å². The number of ketones is 1. The molecule has 2 aromatic rings. The highest BCUT2D eigenvalue weighted by molar-refractivity contribution is 6.00. The minimum Gasteiger partial charge on any atom is -0.338 e. The highest BCUT2D eigenvalue weighted by atomic mass is 16.5. The zero-order chi connectivity index (χ0) is 16.0. The van der Waals surface area contributed by atoms with Gasteiger partial charge in [0.1, 0.15) is 0 Å². The van der Waals surface area contributed by atoms with Gasteiger partial charge in [0.15, 0.2) is 5.78 Å². The van der Waals surface area contributed by atoms with Crippen molar-refractivity contribution in [1.82, 2.24) is 5.16 Å². The molecule has 4 nitrogen and oxygen atoms in total. The van der Waals surface area contributed by atoms with Crippen molar-refractivity contribution in [3.8, 4) is 0 Å². The summed E-state index contributed by atoms with van der Waals surface area (Å²) in [6, 6.07) is 8.57. The van der Waals surface area contributed by atoms with Crippen LogP contribution in [0, 0.1) is 6.92 Å². The summed E-state index contributed by atoms with van der Waals surface area (Å²) < 4.78 is 5.46. The Kier molecular flexibility index (Phi) is 3.33. The number of fused-ring (bicyclic) bond motifs is 1. The molecule has 1 aliphatic heterocycles. The van der Waals surface area contributed by atoms with Gasteiger partial charge in [-0.2, -0.15) is 0 Å². The Labute approximate surface area is 135 Å². The van der Waals surface area contributed by atoms with Crippen LogP contribution in [0.4, 0.5) is 5.88 Å². The third-order valence-corrected chi connectivity index (χ3v) is 4.93. The van der Waals surface area contributed by atoms with Crippen LogP contribution >= 0.6 is 0 Å². The van der Waals surface area contributed by atoms with Gasteiger partial charge < -0.3 is 9.84 Å². The number of Topliss-reactive ketones (excluding diaryl/α,β-unsaturated/α-hetero) is 1. The van der Waals surface area contributed by atoms with Gasteiger partial charge in [-0.3, -0.25) is 4.79 Å². The number of hydrogen-bond acceptors (Lipinski definition) is 4. The van der Waals surface area contributed by atoms with Crippen molar-refractivity contribution in [3.63, 3.8) is 0 Å². The molecule has 1 aromatic heterocycles. The first kappa shape index (κ1) is 14.2. The summed E-state index contributed by atoms with van der Waals surface area (Å²) in [5.74, 6) is 0.876. The maximum Gasteiger partial charge on any atom is 0.233 e. The Morgan fingerprint density at radius 1 is 1.26 bits per heavy atom. The topological polar surface area (TPSA) is 55.1 Å². The van der Waals surface area contributed by atoms with E-state index >= 15 is 0 Å². The van der Waals surface area contributed by atoms with Crippen LogP contribution in [0.2, 0.25) is 0 Å². The molecule has 4 heteroatoms. The van der Waals surface area contributed by atoms with Crippen LogP contribution < -0.4 is 5.32 Å². The van der Waals surface area contributed by atoms with E-state index in [0.29, 0.717) is 12.3 Å². The van der Waals surface area contributed by atoms with Crippen molar-refractivity contribution in [2.75, 3.05) is 5.32 Å². The SMILES string of the molecule is CCc1ccc(C2C3=C(CCCC3=O)Nc3onc(C)c32)cc1. The van der Waals surface area contributed by atoms with Crippen molar-refractivity contribution in [2.45, 2.75) is 45.4 Å². The van der Waals surface area contributed by atoms with E-state index < -0.39 is 0 Å². The summed E-state index contributed by atoms with van der Waals surface area (Å²) in [5.41, 5.74) is 6.20. The fourth-order valence-corrected chi connectivity index (χ4v) is 3.70. The summed E-state index contributed by atoms with van der Waals surface area (Å²) in [4.78, 5) is 12.6. The Hall–Kier alpha value is -2.36. The van der Waals surface area contributed by atoms with Gasteiger partial charge >= 0.3 is 0 Å². The molecule has 1 aromatic carbocycles. The predicted molar refractivity (Wildman–Crippen MR) is 88.4 cm³/mol. The van der Waals surface area contributed by atoms with Crippen molar-refractivity contribution >= 4 is 11.7 Å². The van der Waals surface area contributed by atoms with Crippen LogP contribution in [-0.4, -0.2) is 10.9 Å². The van der Waals surface area contributed by atoms with Gasteiger partial charge in [0, 0.05) is 23.6 Å². The lowest BCUT2D eigenvalue weighted by atomic mass is 9.76. The van der Waals surface area contributed by atoms with Crippen molar-refractivity contribution < 1.29 is 9.32 Å². The number of allylic oxidation sites excluding steroid dienone is 2. The van der Waals surface area contributed by atoms with E-state index in [2.05, 4.69) is 41.7 Å². The van der Waals surface area contributed by atoms with Crippen molar-refractivity contribution in [2.24, 2.45) is 0 Å². The number of hydrogen-bond donors (Lipinski definition) is 1. The number of nitrogens with zero attached hydrogens (tertiary/aromatic N) is 1. The van der Waals surface area contributed by atoms with Crippen LogP contribution in [-0.2, 0) is 11.2 Å². The van der Waals surface area contributed by atoms with E-state index in [0.717, 1.165) is 47.4 Å². The molecule has 118 valence electrons. The molecule has 0 saturated heterocycles. The lowest BCUT2D eigenvalue weighted by Gasteiger charge is -2.31. The fourth-order valence-electron chi connectivity index (χ4n) is 3.70. The molecule has 0 amide bonds. The molecule has 0 bridgehead atoms. The molecule has 0 fully saturated rings. The Balaban J connectivity index is 1.90. The van der Waals surface area contributed by atoms with Gasteiger partial charge in [0.05, 0.1) is 11.3 Å². The van der Waals surface area contributed by atoms with Gasteiger partial charge in [-0.25, -0.2) is 0 Å². The Morgan fingerprint density at radius 2 is 2.04 bits per heavy atom. The van der Waals surface area contributed by atoms with Gasteiger partial charge in [-0.1, -0.05) is 36.3 Å². The molecule has 0 spiro atoms. The molecule has 0 saturated carbocycles. The minimum atomic E-state index is -0.0637. The Morgan fingerprint density at radius 3 is 2.78 bits per heavy atom. The second-order valence-corrected chi connectivity index (χ2v) is 6.33. The second kappa shape index (κ2) is 5.37. The molecule has 2 heterocycles. The summed E-state index contributed by atoms with van der Waals surface area (Å²) in [5, 5.41) is 7.42. The largest absolute Gasteiger partial charge is 0.338 e. The molecular weight excluding hydrogens is 288 g/mol. The van der Waals surface area contributed by atoms with E-state index in [9.17, 15) is 4.79 Å². The van der Waals surface area contributed by atoms with Crippen LogP contribution in [0.1, 0.15) is 54.5 Å². The summed E-state index contributed by atoms with van der Waals surface area (Å²) in [7, 11) is 0. The van der Waals surface area contributed by atoms with Gasteiger partial charge in [-0.15, -0.1) is 0 Å². The van der Waals surface area contributed by atoms with E-state index in [1.807, 2.05) is 6.92 Å². The standard InChI is InChI=1S/C19H20N2O2/c1-3-12-7-9-13(10-8-12)17-16-11(2)21-23-19(16)20-14-5-4-6-15(22)18(14)17/h7-10,17,20H,3-6H2,1-2H3. The third-order valence-electron chi connectivity index (χ3n) is 4.93. The van der Waals surface area contributed by atoms with E-state index in [-0.39, 0.29) is 11.7 Å². The smallest absolute Gasteiger partial charge is 0.233 e. The monoisotopic (exact) mass is 308 g/mol. The summed E-state index contributed by atoms with van der Waals surface area (Å²) in [6.07, 6.45) is 3.43. The lowest BCUT2D eigenvalue weighted by molar-refractivity contribution is -0.116. The molecule has 2 aliphatic rings. The number of carbonyl (C=O) groups excluding carboxylic acids is 1. The van der Waals surface area contributed by atoms with Gasteiger partial charge in [0.2, 0.25) is 5.88 Å². The number of anilines is 1. The summed E-state index contributed by atoms with van der Waals surface area (Å²) in [6.45, 7) is 4.09. The first-order valence-electron chi connectivity index (χ1n) is 8.27. The minimum absolute atomic E-state index is 0.0637. The Bertz CT molecular complexity index is 799. The van der Waals surface area contributed by atoms with Gasteiger partial charge in [0.25, 0.3) is 0 Å². The van der Waals surface area contributed by atoms with Crippen LogP contribution in [0.3, 0.4) is 0 Å². The average Bonchev–Trinajstić information content (AvgIpc) is 2.94. The quantitative estimate of drug-likeness (QED) is 0.907. The number of aromatic nitrogens is 1. The first-order chi connectivity index (χ1) is 11.2. The van der Waals surface area contributed by atoms with E-state index in [1.165, 1.54) is 5.56 Å². The normalized spacial score (nSPS) is 20.1. The van der Waals surface area contributed by atoms with Crippen LogP contribution in [0.25, 0.3) is 0 Å². The third kappa shape index (κ3) is 2.21. The molecule has 1 aliphatic carbocycles. The molecule has 23 heavy (non-hydrogen) atoms.